The molecule has 1 unspecified atom stereocenters. The molecule has 0 aromatic rings. The number of hydrogen-bond donors (Lipinski definition) is 0. The van der Waals surface area contributed by atoms with Crippen molar-refractivity contribution in [3.05, 3.63) is 0 Å². The lowest BCUT2D eigenvalue weighted by atomic mass is 10.1. The van der Waals surface area contributed by atoms with E-state index in [1.165, 1.54) is 30.3 Å². The van der Waals surface area contributed by atoms with E-state index in [1.54, 1.807) is 0 Å². The van der Waals surface area contributed by atoms with Gasteiger partial charge in [-0.15, -0.1) is 0 Å². The predicted molar refractivity (Wildman–Crippen MR) is 40.3 cm³/mol. The van der Waals surface area contributed by atoms with Gasteiger partial charge in [0.15, 0.2) is 0 Å². The van der Waals surface area contributed by atoms with Gasteiger partial charge < -0.3 is 4.48 Å². The van der Waals surface area contributed by atoms with Crippen LogP contribution in [0.3, 0.4) is 0 Å². The molecule has 0 aromatic heterocycles. The van der Waals surface area contributed by atoms with Gasteiger partial charge in [-0.1, -0.05) is 6.92 Å². The van der Waals surface area contributed by atoms with Crippen LogP contribution < -0.4 is 0 Å². The highest BCUT2D eigenvalue weighted by atomic mass is 15.3. The minimum atomic E-state index is 0.949. The molecule has 1 rings (SSSR count). The van der Waals surface area contributed by atoms with Gasteiger partial charge in [-0.3, -0.25) is 0 Å². The molecular formula is C8H18N+. The molecule has 0 N–H and O–H groups in total. The molecule has 54 valence electrons. The summed E-state index contributed by atoms with van der Waals surface area (Å²) < 4.78 is 1.26. The molecule has 1 nitrogen and oxygen atoms in total. The van der Waals surface area contributed by atoms with Crippen molar-refractivity contribution in [1.82, 2.24) is 0 Å². The van der Waals surface area contributed by atoms with Gasteiger partial charge in [0.2, 0.25) is 0 Å². The van der Waals surface area contributed by atoms with Gasteiger partial charge in [-0.25, -0.2) is 0 Å². The van der Waals surface area contributed by atoms with Crippen molar-refractivity contribution in [2.75, 3.05) is 20.6 Å². The summed E-state index contributed by atoms with van der Waals surface area (Å²) in [6.07, 6.45) is 4.24. The Hall–Kier alpha value is -0.0400. The lowest BCUT2D eigenvalue weighted by Gasteiger charge is -2.30. The Labute approximate surface area is 58.3 Å². The van der Waals surface area contributed by atoms with E-state index in [4.69, 9.17) is 0 Å². The SMILES string of the molecule is CCC1CCC[N+]1(C)C. The Morgan fingerprint density at radius 1 is 1.44 bits per heavy atom. The Kier molecular flexibility index (Phi) is 1.80. The zero-order valence-electron chi connectivity index (χ0n) is 6.85. The molecule has 1 heteroatoms. The minimum absolute atomic E-state index is 0.949. The standard InChI is InChI=1S/C8H18N/c1-4-8-6-5-7-9(8,2)3/h8H,4-7H2,1-3H3/q+1. The average molecular weight is 128 g/mol. The normalized spacial score (nSPS) is 33.0. The van der Waals surface area contributed by atoms with E-state index in [0.29, 0.717) is 0 Å². The van der Waals surface area contributed by atoms with Gasteiger partial charge in [0, 0.05) is 12.8 Å². The number of quaternary nitrogens is 1. The summed E-state index contributed by atoms with van der Waals surface area (Å²) in [7, 11) is 4.70. The van der Waals surface area contributed by atoms with Crippen molar-refractivity contribution in [1.29, 1.82) is 0 Å². The fourth-order valence-electron chi connectivity index (χ4n) is 1.96. The Morgan fingerprint density at radius 2 is 2.11 bits per heavy atom. The smallest absolute Gasteiger partial charge is 0.0885 e. The highest BCUT2D eigenvalue weighted by molar-refractivity contribution is 4.62. The van der Waals surface area contributed by atoms with Gasteiger partial charge in [0.1, 0.15) is 0 Å². The highest BCUT2D eigenvalue weighted by Gasteiger charge is 2.31. The first kappa shape index (κ1) is 7.07. The summed E-state index contributed by atoms with van der Waals surface area (Å²) >= 11 is 0. The van der Waals surface area contributed by atoms with Crippen LogP contribution in [0.25, 0.3) is 0 Å². The second kappa shape index (κ2) is 2.30. The summed E-state index contributed by atoms with van der Waals surface area (Å²) in [6, 6.07) is 0.949. The average Bonchev–Trinajstić information content (AvgIpc) is 2.08. The third-order valence-electron chi connectivity index (χ3n) is 2.73. The van der Waals surface area contributed by atoms with Crippen LogP contribution in [-0.2, 0) is 0 Å². The molecule has 9 heavy (non-hydrogen) atoms. The molecular weight excluding hydrogens is 110 g/mol. The van der Waals surface area contributed by atoms with Crippen LogP contribution in [0.15, 0.2) is 0 Å². The van der Waals surface area contributed by atoms with E-state index >= 15 is 0 Å². The molecule has 0 radical (unpaired) electrons. The van der Waals surface area contributed by atoms with Gasteiger partial charge >= 0.3 is 0 Å². The van der Waals surface area contributed by atoms with Crippen LogP contribution in [-0.4, -0.2) is 31.2 Å². The van der Waals surface area contributed by atoms with Crippen LogP contribution in [0.2, 0.25) is 0 Å². The number of nitrogens with zero attached hydrogens (tertiary/aromatic N) is 1. The van der Waals surface area contributed by atoms with Crippen LogP contribution >= 0.6 is 0 Å². The zero-order valence-corrected chi connectivity index (χ0v) is 6.85. The molecule has 1 aliphatic heterocycles. The molecule has 0 spiro atoms. The summed E-state index contributed by atoms with van der Waals surface area (Å²) in [5.41, 5.74) is 0. The number of likely N-dealkylation sites (tertiary alicyclic amines) is 1. The Balaban J connectivity index is 2.52. The third kappa shape index (κ3) is 1.26. The molecule has 1 aliphatic rings. The van der Waals surface area contributed by atoms with Crippen molar-refractivity contribution in [3.8, 4) is 0 Å². The number of hydrogen-bond acceptors (Lipinski definition) is 0. The van der Waals surface area contributed by atoms with Gasteiger partial charge in [-0.05, 0) is 6.42 Å². The van der Waals surface area contributed by atoms with Crippen LogP contribution in [0, 0.1) is 0 Å². The van der Waals surface area contributed by atoms with Crippen molar-refractivity contribution < 1.29 is 4.48 Å². The van der Waals surface area contributed by atoms with Crippen molar-refractivity contribution in [2.24, 2.45) is 0 Å². The summed E-state index contributed by atoms with van der Waals surface area (Å²) in [5.74, 6) is 0. The monoisotopic (exact) mass is 128 g/mol. The first-order valence-electron chi connectivity index (χ1n) is 3.99. The van der Waals surface area contributed by atoms with Crippen molar-refractivity contribution in [2.45, 2.75) is 32.2 Å². The van der Waals surface area contributed by atoms with Crippen LogP contribution in [0.1, 0.15) is 26.2 Å². The van der Waals surface area contributed by atoms with Crippen LogP contribution in [0.5, 0.6) is 0 Å². The first-order valence-corrected chi connectivity index (χ1v) is 3.99. The lowest BCUT2D eigenvalue weighted by molar-refractivity contribution is -0.902. The molecule has 1 atom stereocenters. The molecule has 0 bridgehead atoms. The topological polar surface area (TPSA) is 0 Å². The lowest BCUT2D eigenvalue weighted by Crippen LogP contribution is -2.43. The molecule has 0 amide bonds. The maximum atomic E-state index is 2.35. The summed E-state index contributed by atoms with van der Waals surface area (Å²) in [6.45, 7) is 3.69. The second-order valence-electron chi connectivity index (χ2n) is 3.71. The van der Waals surface area contributed by atoms with Crippen molar-refractivity contribution in [3.63, 3.8) is 0 Å². The summed E-state index contributed by atoms with van der Waals surface area (Å²) in [5, 5.41) is 0. The minimum Gasteiger partial charge on any atom is -0.326 e. The zero-order chi connectivity index (χ0) is 6.91. The van der Waals surface area contributed by atoms with E-state index in [2.05, 4.69) is 21.0 Å². The van der Waals surface area contributed by atoms with Gasteiger partial charge in [0.25, 0.3) is 0 Å². The summed E-state index contributed by atoms with van der Waals surface area (Å²) in [4.78, 5) is 0. The predicted octanol–water partition coefficient (Wildman–Crippen LogP) is 1.64. The maximum absolute atomic E-state index is 2.35. The van der Waals surface area contributed by atoms with E-state index < -0.39 is 0 Å². The Bertz CT molecular complexity index is 96.7. The van der Waals surface area contributed by atoms with E-state index in [1.807, 2.05) is 0 Å². The quantitative estimate of drug-likeness (QED) is 0.471. The number of rotatable bonds is 1. The Morgan fingerprint density at radius 3 is 2.33 bits per heavy atom. The molecule has 0 saturated carbocycles. The second-order valence-corrected chi connectivity index (χ2v) is 3.71. The van der Waals surface area contributed by atoms with Crippen molar-refractivity contribution >= 4 is 0 Å². The molecule has 1 saturated heterocycles. The van der Waals surface area contributed by atoms with Crippen LogP contribution in [0.4, 0.5) is 0 Å². The molecule has 1 fully saturated rings. The largest absolute Gasteiger partial charge is 0.326 e. The fraction of sp³-hybridized carbons (Fsp3) is 1.00. The molecule has 0 aromatic carbocycles. The highest BCUT2D eigenvalue weighted by Crippen LogP contribution is 2.23. The van der Waals surface area contributed by atoms with E-state index in [9.17, 15) is 0 Å². The first-order chi connectivity index (χ1) is 4.17. The maximum Gasteiger partial charge on any atom is 0.0885 e. The van der Waals surface area contributed by atoms with Gasteiger partial charge in [0.05, 0.1) is 26.7 Å². The fourth-order valence-corrected chi connectivity index (χ4v) is 1.96. The van der Waals surface area contributed by atoms with E-state index in [0.717, 1.165) is 6.04 Å². The third-order valence-corrected chi connectivity index (χ3v) is 2.73. The van der Waals surface area contributed by atoms with E-state index in [-0.39, 0.29) is 0 Å². The molecule has 1 heterocycles. The van der Waals surface area contributed by atoms with Gasteiger partial charge in [-0.2, -0.15) is 0 Å². The molecule has 0 aliphatic carbocycles.